The summed E-state index contributed by atoms with van der Waals surface area (Å²) in [5, 5.41) is 8.87. The number of nitrogens with zero attached hydrogens (tertiary/aromatic N) is 1. The molecule has 208 valence electrons. The van der Waals surface area contributed by atoms with Crippen LogP contribution < -0.4 is 16.0 Å². The lowest BCUT2D eigenvalue weighted by atomic mass is 9.73. The lowest BCUT2D eigenvalue weighted by molar-refractivity contribution is -0.146. The highest BCUT2D eigenvalue weighted by Gasteiger charge is 2.50. The third kappa shape index (κ3) is 6.96. The largest absolute Gasteiger partial charge is 0.416 e. The highest BCUT2D eigenvalue weighted by atomic mass is 19.4. The summed E-state index contributed by atoms with van der Waals surface area (Å²) in [6.07, 6.45) is -0.340. The first-order chi connectivity index (χ1) is 17.5. The number of halogens is 3. The van der Waals surface area contributed by atoms with Crippen molar-refractivity contribution in [3.63, 3.8) is 0 Å². The van der Waals surface area contributed by atoms with Gasteiger partial charge in [-0.1, -0.05) is 26.8 Å². The maximum Gasteiger partial charge on any atom is 0.416 e. The smallest absolute Gasteiger partial charge is 0.381 e. The molecule has 1 aromatic carbocycles. The van der Waals surface area contributed by atoms with E-state index in [-0.39, 0.29) is 31.0 Å². The van der Waals surface area contributed by atoms with Gasteiger partial charge in [0.05, 0.1) is 17.0 Å². The van der Waals surface area contributed by atoms with Crippen LogP contribution in [0.3, 0.4) is 0 Å². The molecule has 0 spiro atoms. The van der Waals surface area contributed by atoms with Gasteiger partial charge in [0.15, 0.2) is 0 Å². The van der Waals surface area contributed by atoms with Crippen LogP contribution >= 0.6 is 0 Å². The summed E-state index contributed by atoms with van der Waals surface area (Å²) in [6.45, 7) is 8.73. The van der Waals surface area contributed by atoms with E-state index in [0.717, 1.165) is 44.5 Å². The highest BCUT2D eigenvalue weighted by Crippen LogP contribution is 2.47. The molecule has 1 fully saturated rings. The van der Waals surface area contributed by atoms with Crippen LogP contribution in [0.15, 0.2) is 18.2 Å². The van der Waals surface area contributed by atoms with Crippen molar-refractivity contribution < 1.29 is 27.5 Å². The van der Waals surface area contributed by atoms with E-state index in [4.69, 9.17) is 4.74 Å². The van der Waals surface area contributed by atoms with E-state index in [1.807, 2.05) is 13.8 Å². The van der Waals surface area contributed by atoms with E-state index in [2.05, 4.69) is 22.9 Å². The van der Waals surface area contributed by atoms with E-state index in [1.54, 1.807) is 4.90 Å². The second-order valence-electron chi connectivity index (χ2n) is 10.5. The summed E-state index contributed by atoms with van der Waals surface area (Å²) in [5.41, 5.74) is -0.344. The van der Waals surface area contributed by atoms with Gasteiger partial charge in [-0.05, 0) is 67.8 Å². The quantitative estimate of drug-likeness (QED) is 0.389. The average Bonchev–Trinajstić information content (AvgIpc) is 3.30. The average molecular weight is 527 g/mol. The van der Waals surface area contributed by atoms with Gasteiger partial charge in [0.2, 0.25) is 5.91 Å². The van der Waals surface area contributed by atoms with E-state index < -0.39 is 29.2 Å². The van der Waals surface area contributed by atoms with Crippen LogP contribution in [0.4, 0.5) is 18.0 Å². The van der Waals surface area contributed by atoms with Crippen LogP contribution in [0.5, 0.6) is 0 Å². The molecular formula is C27H41F3N4O3. The zero-order chi connectivity index (χ0) is 27.2. The van der Waals surface area contributed by atoms with Gasteiger partial charge in [0.25, 0.3) is 0 Å². The molecule has 37 heavy (non-hydrogen) atoms. The SMILES string of the molecule is CCCOCCCN[C@@H]1CC[C@@](C(=O)N2Cc3cc(C(F)(F)F)ccc3C(NC(=O)NC)C2)(C(C)C)C1. The summed E-state index contributed by atoms with van der Waals surface area (Å²) >= 11 is 0. The molecule has 0 bridgehead atoms. The number of carbonyl (C=O) groups excluding carboxylic acids is 2. The van der Waals surface area contributed by atoms with Gasteiger partial charge < -0.3 is 25.6 Å². The second-order valence-corrected chi connectivity index (χ2v) is 10.5. The Kier molecular flexibility index (Phi) is 9.86. The third-order valence-corrected chi connectivity index (χ3v) is 7.76. The molecule has 3 atom stereocenters. The van der Waals surface area contributed by atoms with Crippen molar-refractivity contribution in [1.82, 2.24) is 20.9 Å². The Morgan fingerprint density at radius 1 is 1.24 bits per heavy atom. The van der Waals surface area contributed by atoms with Gasteiger partial charge in [0.1, 0.15) is 0 Å². The number of rotatable bonds is 10. The molecule has 3 rings (SSSR count). The monoisotopic (exact) mass is 526 g/mol. The number of carbonyl (C=O) groups is 2. The highest BCUT2D eigenvalue weighted by molar-refractivity contribution is 5.84. The number of nitrogens with one attached hydrogen (secondary N) is 3. The van der Waals surface area contributed by atoms with Crippen molar-refractivity contribution in [2.75, 3.05) is 33.4 Å². The first-order valence-electron chi connectivity index (χ1n) is 13.3. The van der Waals surface area contributed by atoms with Crippen LogP contribution in [0.1, 0.15) is 75.6 Å². The number of hydrogen-bond acceptors (Lipinski definition) is 4. The van der Waals surface area contributed by atoms with Gasteiger partial charge in [-0.15, -0.1) is 0 Å². The lowest BCUT2D eigenvalue weighted by Crippen LogP contribution is -2.52. The molecule has 2 aliphatic rings. The van der Waals surface area contributed by atoms with Crippen molar-refractivity contribution in [2.24, 2.45) is 11.3 Å². The third-order valence-electron chi connectivity index (χ3n) is 7.76. The molecule has 3 amide bonds. The van der Waals surface area contributed by atoms with Crippen molar-refractivity contribution in [1.29, 1.82) is 0 Å². The van der Waals surface area contributed by atoms with Gasteiger partial charge in [-0.3, -0.25) is 4.79 Å². The maximum absolute atomic E-state index is 14.1. The molecule has 1 aliphatic heterocycles. The minimum absolute atomic E-state index is 0.0511. The zero-order valence-corrected chi connectivity index (χ0v) is 22.3. The molecule has 1 heterocycles. The molecule has 0 radical (unpaired) electrons. The van der Waals surface area contributed by atoms with Crippen LogP contribution in [0.2, 0.25) is 0 Å². The maximum atomic E-state index is 14.1. The van der Waals surface area contributed by atoms with Crippen molar-refractivity contribution in [3.05, 3.63) is 34.9 Å². The predicted octanol–water partition coefficient (Wildman–Crippen LogP) is 4.62. The van der Waals surface area contributed by atoms with Crippen molar-refractivity contribution >= 4 is 11.9 Å². The second kappa shape index (κ2) is 12.5. The number of hydrogen-bond donors (Lipinski definition) is 3. The molecule has 10 heteroatoms. The van der Waals surface area contributed by atoms with E-state index >= 15 is 0 Å². The van der Waals surface area contributed by atoms with Crippen LogP contribution in [-0.4, -0.2) is 56.2 Å². The Bertz CT molecular complexity index is 940. The summed E-state index contributed by atoms with van der Waals surface area (Å²) in [4.78, 5) is 27.8. The topological polar surface area (TPSA) is 82.7 Å². The Morgan fingerprint density at radius 3 is 2.65 bits per heavy atom. The Balaban J connectivity index is 1.78. The number of urea groups is 1. The molecular weight excluding hydrogens is 485 g/mol. The van der Waals surface area contributed by atoms with E-state index in [9.17, 15) is 22.8 Å². The number of amides is 3. The zero-order valence-electron chi connectivity index (χ0n) is 22.3. The summed E-state index contributed by atoms with van der Waals surface area (Å²) < 4.78 is 45.9. The minimum Gasteiger partial charge on any atom is -0.381 e. The minimum atomic E-state index is -4.49. The first kappa shape index (κ1) is 29.2. The fourth-order valence-electron chi connectivity index (χ4n) is 5.61. The fraction of sp³-hybridized carbons (Fsp3) is 0.704. The first-order valence-corrected chi connectivity index (χ1v) is 13.3. The standard InChI is InChI=1S/C27H41F3N4O3/c1-5-12-37-13-6-11-32-21-9-10-26(15-21,18(2)3)24(35)34-16-19-14-20(27(28,29)30)7-8-22(19)23(17-34)33-25(36)31-4/h7-8,14,18,21,23,32H,5-6,9-13,15-17H2,1-4H3,(H2,31,33,36)/t21-,23?,26+/m1/s1. The number of benzene rings is 1. The molecule has 1 aliphatic carbocycles. The molecule has 1 saturated carbocycles. The molecule has 1 unspecified atom stereocenters. The van der Waals surface area contributed by atoms with Gasteiger partial charge >= 0.3 is 12.2 Å². The van der Waals surface area contributed by atoms with Gasteiger partial charge in [0, 0.05) is 39.4 Å². The van der Waals surface area contributed by atoms with Crippen LogP contribution in [-0.2, 0) is 22.3 Å². The summed E-state index contributed by atoms with van der Waals surface area (Å²) in [6, 6.07) is 2.71. The number of ether oxygens (including phenoxy) is 1. The molecule has 0 saturated heterocycles. The molecule has 1 aromatic rings. The Labute approximate surface area is 217 Å². The van der Waals surface area contributed by atoms with Crippen molar-refractivity contribution in [2.45, 2.75) is 77.7 Å². The van der Waals surface area contributed by atoms with Crippen molar-refractivity contribution in [3.8, 4) is 0 Å². The fourth-order valence-corrected chi connectivity index (χ4v) is 5.61. The molecule has 7 nitrogen and oxygen atoms in total. The Hall–Kier alpha value is -2.33. The molecule has 3 N–H and O–H groups in total. The summed E-state index contributed by atoms with van der Waals surface area (Å²) in [7, 11) is 1.48. The Morgan fingerprint density at radius 2 is 2.00 bits per heavy atom. The molecule has 0 aromatic heterocycles. The van der Waals surface area contributed by atoms with E-state index in [1.165, 1.54) is 13.1 Å². The predicted molar refractivity (Wildman–Crippen MR) is 136 cm³/mol. The van der Waals surface area contributed by atoms with Crippen LogP contribution in [0.25, 0.3) is 0 Å². The number of alkyl halides is 3. The normalized spacial score (nSPS) is 23.7. The van der Waals surface area contributed by atoms with Crippen LogP contribution in [0, 0.1) is 11.3 Å². The summed E-state index contributed by atoms with van der Waals surface area (Å²) in [5.74, 6) is 0.0118. The van der Waals surface area contributed by atoms with E-state index in [0.29, 0.717) is 30.6 Å². The van der Waals surface area contributed by atoms with Gasteiger partial charge in [-0.25, -0.2) is 4.79 Å². The lowest BCUT2D eigenvalue weighted by Gasteiger charge is -2.42. The van der Waals surface area contributed by atoms with Gasteiger partial charge in [-0.2, -0.15) is 13.2 Å². The number of fused-ring (bicyclic) bond motifs is 1.